The second-order valence-electron chi connectivity index (χ2n) is 5.42. The molecule has 0 radical (unpaired) electrons. The van der Waals surface area contributed by atoms with Crippen LogP contribution in [-0.4, -0.2) is 12.9 Å². The molecule has 2 aromatic carbocycles. The number of hydrogen-bond donors (Lipinski definition) is 0. The summed E-state index contributed by atoms with van der Waals surface area (Å²) in [5.74, 6) is 1.90. The Bertz CT molecular complexity index is 626. The number of ether oxygens (including phenoxy) is 1. The van der Waals surface area contributed by atoms with Crippen LogP contribution >= 0.6 is 0 Å². The number of carbonyl (C=O) groups excluding carboxylic acids is 1. The number of hydrogen-bond acceptors (Lipinski definition) is 2. The third-order valence-electron chi connectivity index (χ3n) is 4.07. The van der Waals surface area contributed by atoms with Gasteiger partial charge in [0, 0.05) is 11.5 Å². The van der Waals surface area contributed by atoms with Crippen LogP contribution in [0.1, 0.15) is 30.1 Å². The Hall–Kier alpha value is -1.83. The van der Waals surface area contributed by atoms with Crippen molar-refractivity contribution in [3.8, 4) is 5.75 Å². The van der Waals surface area contributed by atoms with Gasteiger partial charge in [-0.2, -0.15) is 0 Å². The van der Waals surface area contributed by atoms with Gasteiger partial charge in [-0.05, 0) is 47.7 Å². The predicted molar refractivity (Wildman–Crippen MR) is 76.7 cm³/mol. The van der Waals surface area contributed by atoms with Crippen LogP contribution in [0.25, 0.3) is 10.8 Å². The quantitative estimate of drug-likeness (QED) is 0.768. The second-order valence-corrected chi connectivity index (χ2v) is 5.42. The van der Waals surface area contributed by atoms with E-state index in [1.807, 2.05) is 36.4 Å². The molecule has 0 aromatic heterocycles. The van der Waals surface area contributed by atoms with E-state index in [0.29, 0.717) is 5.92 Å². The molecule has 1 saturated carbocycles. The van der Waals surface area contributed by atoms with Gasteiger partial charge in [-0.25, -0.2) is 0 Å². The molecule has 0 aliphatic heterocycles. The van der Waals surface area contributed by atoms with Crippen LogP contribution in [0.2, 0.25) is 0 Å². The summed E-state index contributed by atoms with van der Waals surface area (Å²) in [6, 6.07) is 11.9. The van der Waals surface area contributed by atoms with E-state index in [-0.39, 0.29) is 11.7 Å². The van der Waals surface area contributed by atoms with Gasteiger partial charge in [0.1, 0.15) is 5.75 Å². The van der Waals surface area contributed by atoms with Gasteiger partial charge in [0.15, 0.2) is 5.78 Å². The van der Waals surface area contributed by atoms with Crippen molar-refractivity contribution in [1.82, 2.24) is 0 Å². The van der Waals surface area contributed by atoms with Gasteiger partial charge in [0.05, 0.1) is 7.11 Å². The maximum Gasteiger partial charge on any atom is 0.165 e. The predicted octanol–water partition coefficient (Wildman–Crippen LogP) is 4.08. The van der Waals surface area contributed by atoms with Gasteiger partial charge in [0.2, 0.25) is 0 Å². The molecule has 3 rings (SSSR count). The molecular weight excluding hydrogens is 236 g/mol. The fourth-order valence-electron chi connectivity index (χ4n) is 2.58. The summed E-state index contributed by atoms with van der Waals surface area (Å²) in [7, 11) is 1.66. The maximum absolute atomic E-state index is 12.4. The lowest BCUT2D eigenvalue weighted by Gasteiger charge is -2.10. The van der Waals surface area contributed by atoms with Gasteiger partial charge >= 0.3 is 0 Å². The van der Waals surface area contributed by atoms with Crippen molar-refractivity contribution in [3.05, 3.63) is 42.0 Å². The third kappa shape index (κ3) is 2.35. The molecule has 1 atom stereocenters. The highest BCUT2D eigenvalue weighted by Gasteiger charge is 2.32. The van der Waals surface area contributed by atoms with Crippen LogP contribution in [0.15, 0.2) is 36.4 Å². The molecule has 2 nitrogen and oxygen atoms in total. The summed E-state index contributed by atoms with van der Waals surface area (Å²) >= 11 is 0. The number of rotatable bonds is 4. The first kappa shape index (κ1) is 12.2. The zero-order valence-corrected chi connectivity index (χ0v) is 11.3. The van der Waals surface area contributed by atoms with Crippen LogP contribution in [0.5, 0.6) is 5.75 Å². The molecule has 0 amide bonds. The van der Waals surface area contributed by atoms with E-state index < -0.39 is 0 Å². The molecule has 0 N–H and O–H groups in total. The molecule has 0 heterocycles. The lowest BCUT2D eigenvalue weighted by atomic mass is 9.93. The molecule has 1 fully saturated rings. The fraction of sp³-hybridized carbons (Fsp3) is 0.353. The third-order valence-corrected chi connectivity index (χ3v) is 4.07. The highest BCUT2D eigenvalue weighted by atomic mass is 16.5. The van der Waals surface area contributed by atoms with Gasteiger partial charge in [0.25, 0.3) is 0 Å². The number of Topliss-reactive ketones (excluding diaryl/α,β-unsaturated/α-hetero) is 1. The summed E-state index contributed by atoms with van der Waals surface area (Å²) < 4.78 is 5.21. The topological polar surface area (TPSA) is 26.3 Å². The number of fused-ring (bicyclic) bond motifs is 1. The van der Waals surface area contributed by atoms with Crippen LogP contribution < -0.4 is 4.74 Å². The molecule has 0 saturated heterocycles. The van der Waals surface area contributed by atoms with Gasteiger partial charge in [-0.15, -0.1) is 0 Å². The maximum atomic E-state index is 12.4. The Morgan fingerprint density at radius 2 is 1.84 bits per heavy atom. The molecule has 2 heteroatoms. The molecule has 1 aliphatic rings. The van der Waals surface area contributed by atoms with E-state index >= 15 is 0 Å². The van der Waals surface area contributed by atoms with E-state index in [1.165, 1.54) is 12.8 Å². The minimum atomic E-state index is 0.163. The lowest BCUT2D eigenvalue weighted by Crippen LogP contribution is -2.13. The van der Waals surface area contributed by atoms with Crippen molar-refractivity contribution in [3.63, 3.8) is 0 Å². The SMILES string of the molecule is COc1ccc2cc(C(=O)C(C)C3CC3)ccc2c1. The Morgan fingerprint density at radius 3 is 2.53 bits per heavy atom. The van der Waals surface area contributed by atoms with Crippen LogP contribution in [0, 0.1) is 11.8 Å². The van der Waals surface area contributed by atoms with E-state index in [2.05, 4.69) is 6.92 Å². The number of carbonyl (C=O) groups is 1. The van der Waals surface area contributed by atoms with Gasteiger partial charge in [-0.1, -0.05) is 25.1 Å². The van der Waals surface area contributed by atoms with Crippen molar-refractivity contribution in [2.45, 2.75) is 19.8 Å². The first-order valence-electron chi connectivity index (χ1n) is 6.81. The summed E-state index contributed by atoms with van der Waals surface area (Å²) in [6.45, 7) is 2.05. The van der Waals surface area contributed by atoms with Crippen LogP contribution in [-0.2, 0) is 0 Å². The average Bonchev–Trinajstić information content (AvgIpc) is 3.29. The minimum absolute atomic E-state index is 0.163. The molecular formula is C17H18O2. The van der Waals surface area contributed by atoms with E-state index in [1.54, 1.807) is 7.11 Å². The van der Waals surface area contributed by atoms with Gasteiger partial charge in [-0.3, -0.25) is 4.79 Å². The Kier molecular flexibility index (Phi) is 3.02. The summed E-state index contributed by atoms with van der Waals surface area (Å²) in [5.41, 5.74) is 0.831. The first-order valence-corrected chi connectivity index (χ1v) is 6.81. The zero-order valence-electron chi connectivity index (χ0n) is 11.3. The molecule has 2 aromatic rings. The van der Waals surface area contributed by atoms with Crippen LogP contribution in [0.4, 0.5) is 0 Å². The largest absolute Gasteiger partial charge is 0.497 e. The molecule has 0 bridgehead atoms. The van der Waals surface area contributed by atoms with Crippen molar-refractivity contribution in [2.75, 3.05) is 7.11 Å². The first-order chi connectivity index (χ1) is 9.19. The van der Waals surface area contributed by atoms with Gasteiger partial charge < -0.3 is 4.74 Å². The Morgan fingerprint density at radius 1 is 1.16 bits per heavy atom. The Labute approximate surface area is 113 Å². The van der Waals surface area contributed by atoms with E-state index in [4.69, 9.17) is 4.74 Å². The highest BCUT2D eigenvalue weighted by molar-refractivity contribution is 6.01. The summed E-state index contributed by atoms with van der Waals surface area (Å²) in [5, 5.41) is 2.20. The number of ketones is 1. The summed E-state index contributed by atoms with van der Waals surface area (Å²) in [6.07, 6.45) is 2.41. The molecule has 1 unspecified atom stereocenters. The zero-order chi connectivity index (χ0) is 13.4. The van der Waals surface area contributed by atoms with Crippen molar-refractivity contribution >= 4 is 16.6 Å². The monoisotopic (exact) mass is 254 g/mol. The minimum Gasteiger partial charge on any atom is -0.497 e. The molecule has 1 aliphatic carbocycles. The molecule has 0 spiro atoms. The lowest BCUT2D eigenvalue weighted by molar-refractivity contribution is 0.0916. The van der Waals surface area contributed by atoms with Crippen LogP contribution in [0.3, 0.4) is 0 Å². The second kappa shape index (κ2) is 4.69. The van der Waals surface area contributed by atoms with E-state index in [9.17, 15) is 4.79 Å². The Balaban J connectivity index is 1.94. The van der Waals surface area contributed by atoms with Crippen molar-refractivity contribution in [2.24, 2.45) is 11.8 Å². The molecule has 19 heavy (non-hydrogen) atoms. The highest BCUT2D eigenvalue weighted by Crippen LogP contribution is 2.38. The van der Waals surface area contributed by atoms with Crippen molar-refractivity contribution in [1.29, 1.82) is 0 Å². The number of benzene rings is 2. The summed E-state index contributed by atoms with van der Waals surface area (Å²) in [4.78, 5) is 12.4. The normalized spacial score (nSPS) is 16.3. The number of methoxy groups -OCH3 is 1. The fourth-order valence-corrected chi connectivity index (χ4v) is 2.58. The average molecular weight is 254 g/mol. The van der Waals surface area contributed by atoms with Crippen molar-refractivity contribution < 1.29 is 9.53 Å². The standard InChI is InChI=1S/C17H18O2/c1-11(12-3-4-12)17(18)15-6-5-14-10-16(19-2)8-7-13(14)9-15/h5-12H,3-4H2,1-2H3. The smallest absolute Gasteiger partial charge is 0.165 e. The van der Waals surface area contributed by atoms with E-state index in [0.717, 1.165) is 22.1 Å². The molecule has 98 valence electrons.